The first-order valence-electron chi connectivity index (χ1n) is 6.99. The van der Waals surface area contributed by atoms with Gasteiger partial charge in [-0.25, -0.2) is 0 Å². The van der Waals surface area contributed by atoms with Crippen molar-refractivity contribution in [3.05, 3.63) is 58.3 Å². The van der Waals surface area contributed by atoms with E-state index in [2.05, 4.69) is 26.1 Å². The number of ether oxygens (including phenoxy) is 2. The highest BCUT2D eigenvalue weighted by molar-refractivity contribution is 9.10. The summed E-state index contributed by atoms with van der Waals surface area (Å²) in [5.41, 5.74) is 1.91. The van der Waals surface area contributed by atoms with Crippen LogP contribution in [0.3, 0.4) is 0 Å². The van der Waals surface area contributed by atoms with E-state index in [0.717, 1.165) is 15.6 Å². The number of aromatic nitrogens is 2. The predicted octanol–water partition coefficient (Wildman–Crippen LogP) is 4.11. The van der Waals surface area contributed by atoms with Crippen molar-refractivity contribution in [3.8, 4) is 23.0 Å². The number of nitrogens with zero attached hydrogens (tertiary/aromatic N) is 2. The second-order valence-electron chi connectivity index (χ2n) is 4.89. The van der Waals surface area contributed by atoms with Crippen LogP contribution in [0, 0.1) is 0 Å². The fourth-order valence-electron chi connectivity index (χ4n) is 2.21. The average molecular weight is 375 g/mol. The molecule has 0 atom stereocenters. The highest BCUT2D eigenvalue weighted by atomic mass is 79.9. The lowest BCUT2D eigenvalue weighted by Gasteiger charge is -2.08. The molecule has 5 nitrogen and oxygen atoms in total. The van der Waals surface area contributed by atoms with Crippen molar-refractivity contribution in [1.29, 1.82) is 0 Å². The SMILES string of the molecule is COc1ccc(Cc2noc(-c3ccc(Br)cc3)n2)cc1OC. The van der Waals surface area contributed by atoms with Gasteiger partial charge in [0.1, 0.15) is 0 Å². The monoisotopic (exact) mass is 374 g/mol. The summed E-state index contributed by atoms with van der Waals surface area (Å²) in [6, 6.07) is 13.5. The van der Waals surface area contributed by atoms with Gasteiger partial charge in [-0.15, -0.1) is 0 Å². The van der Waals surface area contributed by atoms with Gasteiger partial charge in [-0.3, -0.25) is 0 Å². The van der Waals surface area contributed by atoms with Crippen molar-refractivity contribution in [2.24, 2.45) is 0 Å². The summed E-state index contributed by atoms with van der Waals surface area (Å²) in [5.74, 6) is 2.50. The lowest BCUT2D eigenvalue weighted by atomic mass is 10.1. The van der Waals surface area contributed by atoms with Gasteiger partial charge in [0.25, 0.3) is 5.89 Å². The smallest absolute Gasteiger partial charge is 0.257 e. The lowest BCUT2D eigenvalue weighted by molar-refractivity contribution is 0.354. The molecule has 0 radical (unpaired) electrons. The van der Waals surface area contributed by atoms with E-state index >= 15 is 0 Å². The van der Waals surface area contributed by atoms with Crippen molar-refractivity contribution in [1.82, 2.24) is 10.1 Å². The standard InChI is InChI=1S/C17H15BrN2O3/c1-21-14-8-3-11(9-15(14)22-2)10-16-19-17(23-20-16)12-4-6-13(18)7-5-12/h3-9H,10H2,1-2H3. The number of benzene rings is 2. The fraction of sp³-hybridized carbons (Fsp3) is 0.176. The van der Waals surface area contributed by atoms with Gasteiger partial charge in [0.15, 0.2) is 17.3 Å². The summed E-state index contributed by atoms with van der Waals surface area (Å²) >= 11 is 3.40. The van der Waals surface area contributed by atoms with Crippen molar-refractivity contribution >= 4 is 15.9 Å². The van der Waals surface area contributed by atoms with Gasteiger partial charge in [0.2, 0.25) is 0 Å². The zero-order chi connectivity index (χ0) is 16.2. The zero-order valence-electron chi connectivity index (χ0n) is 12.7. The van der Waals surface area contributed by atoms with Crippen LogP contribution >= 0.6 is 15.9 Å². The first-order valence-corrected chi connectivity index (χ1v) is 7.78. The third-order valence-electron chi connectivity index (χ3n) is 3.37. The highest BCUT2D eigenvalue weighted by Crippen LogP contribution is 2.28. The average Bonchev–Trinajstić information content (AvgIpc) is 3.04. The van der Waals surface area contributed by atoms with Crippen molar-refractivity contribution in [2.45, 2.75) is 6.42 Å². The molecule has 0 saturated carbocycles. The lowest BCUT2D eigenvalue weighted by Crippen LogP contribution is -1.95. The molecule has 3 aromatic rings. The zero-order valence-corrected chi connectivity index (χ0v) is 14.3. The van der Waals surface area contributed by atoms with Crippen LogP contribution in [-0.4, -0.2) is 24.4 Å². The summed E-state index contributed by atoms with van der Waals surface area (Å²) in [5, 5.41) is 4.04. The highest BCUT2D eigenvalue weighted by Gasteiger charge is 2.11. The topological polar surface area (TPSA) is 57.4 Å². The molecule has 1 heterocycles. The van der Waals surface area contributed by atoms with E-state index in [1.54, 1.807) is 14.2 Å². The first kappa shape index (κ1) is 15.6. The van der Waals surface area contributed by atoms with E-state index in [4.69, 9.17) is 14.0 Å². The Bertz CT molecular complexity index is 800. The normalized spacial score (nSPS) is 10.6. The number of rotatable bonds is 5. The fourth-order valence-corrected chi connectivity index (χ4v) is 2.47. The van der Waals surface area contributed by atoms with E-state index in [0.29, 0.717) is 29.6 Å². The van der Waals surface area contributed by atoms with Crippen LogP contribution in [0.15, 0.2) is 51.5 Å². The van der Waals surface area contributed by atoms with Gasteiger partial charge in [-0.2, -0.15) is 4.98 Å². The van der Waals surface area contributed by atoms with Crippen LogP contribution in [0.4, 0.5) is 0 Å². The Morgan fingerprint density at radius 2 is 1.74 bits per heavy atom. The number of hydrogen-bond donors (Lipinski definition) is 0. The molecular weight excluding hydrogens is 360 g/mol. The molecule has 118 valence electrons. The van der Waals surface area contributed by atoms with Gasteiger partial charge >= 0.3 is 0 Å². The Balaban J connectivity index is 1.80. The Hall–Kier alpha value is -2.34. The van der Waals surface area contributed by atoms with Gasteiger partial charge < -0.3 is 14.0 Å². The third-order valence-corrected chi connectivity index (χ3v) is 3.90. The first-order chi connectivity index (χ1) is 11.2. The van der Waals surface area contributed by atoms with Gasteiger partial charge in [0, 0.05) is 16.5 Å². The molecular formula is C17H15BrN2O3. The molecule has 0 N–H and O–H groups in total. The number of hydrogen-bond acceptors (Lipinski definition) is 5. The molecule has 0 amide bonds. The van der Waals surface area contributed by atoms with Gasteiger partial charge in [-0.1, -0.05) is 27.2 Å². The Morgan fingerprint density at radius 1 is 1.00 bits per heavy atom. The van der Waals surface area contributed by atoms with E-state index in [1.807, 2.05) is 42.5 Å². The molecule has 2 aromatic carbocycles. The molecule has 23 heavy (non-hydrogen) atoms. The molecule has 0 aliphatic rings. The minimum absolute atomic E-state index is 0.507. The second kappa shape index (κ2) is 6.83. The Kier molecular flexibility index (Phi) is 4.62. The Morgan fingerprint density at radius 3 is 2.43 bits per heavy atom. The molecule has 1 aromatic heterocycles. The molecule has 0 bridgehead atoms. The maximum atomic E-state index is 5.33. The molecule has 3 rings (SSSR count). The van der Waals surface area contributed by atoms with Crippen LogP contribution in [0.25, 0.3) is 11.5 Å². The second-order valence-corrected chi connectivity index (χ2v) is 5.80. The van der Waals surface area contributed by atoms with Gasteiger partial charge in [-0.05, 0) is 42.0 Å². The summed E-state index contributed by atoms with van der Waals surface area (Å²) in [6.07, 6.45) is 0.556. The van der Waals surface area contributed by atoms with Crippen LogP contribution in [-0.2, 0) is 6.42 Å². The molecule has 0 saturated heterocycles. The third kappa shape index (κ3) is 3.53. The summed E-state index contributed by atoms with van der Waals surface area (Å²) in [6.45, 7) is 0. The summed E-state index contributed by atoms with van der Waals surface area (Å²) in [4.78, 5) is 4.44. The van der Waals surface area contributed by atoms with E-state index < -0.39 is 0 Å². The minimum Gasteiger partial charge on any atom is -0.493 e. The number of halogens is 1. The van der Waals surface area contributed by atoms with E-state index in [9.17, 15) is 0 Å². The predicted molar refractivity (Wildman–Crippen MR) is 89.8 cm³/mol. The van der Waals surface area contributed by atoms with Crippen LogP contribution in [0.2, 0.25) is 0 Å². The van der Waals surface area contributed by atoms with E-state index in [-0.39, 0.29) is 0 Å². The maximum Gasteiger partial charge on any atom is 0.257 e. The summed E-state index contributed by atoms with van der Waals surface area (Å²) < 4.78 is 16.9. The van der Waals surface area contributed by atoms with Crippen LogP contribution in [0.1, 0.15) is 11.4 Å². The van der Waals surface area contributed by atoms with Crippen LogP contribution in [0.5, 0.6) is 11.5 Å². The Labute approximate surface area is 142 Å². The van der Waals surface area contributed by atoms with Crippen molar-refractivity contribution in [3.63, 3.8) is 0 Å². The van der Waals surface area contributed by atoms with Crippen LogP contribution < -0.4 is 9.47 Å². The molecule has 0 unspecified atom stereocenters. The minimum atomic E-state index is 0.507. The summed E-state index contributed by atoms with van der Waals surface area (Å²) in [7, 11) is 3.23. The quantitative estimate of drug-likeness (QED) is 0.672. The molecule has 0 aliphatic carbocycles. The maximum absolute atomic E-state index is 5.33. The molecule has 6 heteroatoms. The van der Waals surface area contributed by atoms with Crippen molar-refractivity contribution in [2.75, 3.05) is 14.2 Å². The van der Waals surface area contributed by atoms with Gasteiger partial charge in [0.05, 0.1) is 14.2 Å². The van der Waals surface area contributed by atoms with Crippen molar-refractivity contribution < 1.29 is 14.0 Å². The molecule has 0 aliphatic heterocycles. The molecule has 0 spiro atoms. The molecule has 0 fully saturated rings. The van der Waals surface area contributed by atoms with E-state index in [1.165, 1.54) is 0 Å². The largest absolute Gasteiger partial charge is 0.493 e. The number of methoxy groups -OCH3 is 2.